The second kappa shape index (κ2) is 4.04. The van der Waals surface area contributed by atoms with Gasteiger partial charge in [0.1, 0.15) is 0 Å². The van der Waals surface area contributed by atoms with Crippen LogP contribution in [0.25, 0.3) is 0 Å². The van der Waals surface area contributed by atoms with Crippen LogP contribution in [0.4, 0.5) is 5.95 Å². The number of aromatic amines is 1. The van der Waals surface area contributed by atoms with Gasteiger partial charge in [0, 0.05) is 18.7 Å². The molecule has 2 rings (SSSR count). The largest absolute Gasteiger partial charge is 0.342 e. The van der Waals surface area contributed by atoms with Gasteiger partial charge in [0.2, 0.25) is 5.95 Å². The lowest BCUT2D eigenvalue weighted by atomic mass is 10.2. The molecule has 2 heterocycles. The summed E-state index contributed by atoms with van der Waals surface area (Å²) in [4.78, 5) is 21.2. The van der Waals surface area contributed by atoms with Gasteiger partial charge >= 0.3 is 0 Å². The van der Waals surface area contributed by atoms with Gasteiger partial charge in [0.15, 0.2) is 0 Å². The van der Waals surface area contributed by atoms with Gasteiger partial charge in [-0.2, -0.15) is 0 Å². The first kappa shape index (κ1) is 10.2. The van der Waals surface area contributed by atoms with Crippen molar-refractivity contribution in [3.8, 4) is 0 Å². The van der Waals surface area contributed by atoms with Gasteiger partial charge in [-0.25, -0.2) is 4.98 Å². The second-order valence-corrected chi connectivity index (χ2v) is 4.01. The highest BCUT2D eigenvalue weighted by Crippen LogP contribution is 2.15. The molecular formula is C11H17N3O. The fourth-order valence-electron chi connectivity index (χ4n) is 1.99. The fraction of sp³-hybridized carbons (Fsp3) is 0.636. The maximum absolute atomic E-state index is 11.7. The summed E-state index contributed by atoms with van der Waals surface area (Å²) in [5.41, 5.74) is 1.67. The molecule has 0 atom stereocenters. The van der Waals surface area contributed by atoms with Crippen molar-refractivity contribution in [2.75, 3.05) is 18.0 Å². The quantitative estimate of drug-likeness (QED) is 0.793. The zero-order valence-electron chi connectivity index (χ0n) is 9.34. The molecule has 15 heavy (non-hydrogen) atoms. The number of anilines is 1. The number of nitrogens with one attached hydrogen (secondary N) is 1. The van der Waals surface area contributed by atoms with Crippen molar-refractivity contribution in [2.24, 2.45) is 0 Å². The number of aryl methyl sites for hydroxylation is 1. The lowest BCUT2D eigenvalue weighted by molar-refractivity contribution is 0.854. The molecule has 1 aliphatic heterocycles. The van der Waals surface area contributed by atoms with Crippen LogP contribution in [0.1, 0.15) is 31.0 Å². The predicted octanol–water partition coefficient (Wildman–Crippen LogP) is 1.24. The lowest BCUT2D eigenvalue weighted by Gasteiger charge is -2.16. The highest BCUT2D eigenvalue weighted by atomic mass is 16.1. The molecule has 0 bridgehead atoms. The van der Waals surface area contributed by atoms with Crippen LogP contribution in [-0.4, -0.2) is 23.1 Å². The summed E-state index contributed by atoms with van der Waals surface area (Å²) in [6.45, 7) is 5.88. The van der Waals surface area contributed by atoms with Gasteiger partial charge in [-0.05, 0) is 26.2 Å². The van der Waals surface area contributed by atoms with Crippen LogP contribution in [0.3, 0.4) is 0 Å². The highest BCUT2D eigenvalue weighted by molar-refractivity contribution is 5.33. The third-order valence-electron chi connectivity index (χ3n) is 2.98. The van der Waals surface area contributed by atoms with Crippen molar-refractivity contribution in [2.45, 2.75) is 33.1 Å². The molecule has 82 valence electrons. The number of aromatic nitrogens is 2. The monoisotopic (exact) mass is 207 g/mol. The molecule has 1 aliphatic rings. The third-order valence-corrected chi connectivity index (χ3v) is 2.98. The molecule has 0 amide bonds. The summed E-state index contributed by atoms with van der Waals surface area (Å²) in [6, 6.07) is 0. The molecule has 4 nitrogen and oxygen atoms in total. The first-order chi connectivity index (χ1) is 7.22. The van der Waals surface area contributed by atoms with E-state index in [2.05, 4.69) is 14.9 Å². The summed E-state index contributed by atoms with van der Waals surface area (Å²) in [6.07, 6.45) is 3.20. The smallest absolute Gasteiger partial charge is 0.255 e. The van der Waals surface area contributed by atoms with Crippen LogP contribution in [0.15, 0.2) is 4.79 Å². The Bertz CT molecular complexity index is 405. The van der Waals surface area contributed by atoms with Crippen LogP contribution >= 0.6 is 0 Å². The molecule has 0 aromatic carbocycles. The molecule has 0 spiro atoms. The van der Waals surface area contributed by atoms with E-state index in [9.17, 15) is 4.79 Å². The number of hydrogen-bond donors (Lipinski definition) is 1. The molecule has 0 aliphatic carbocycles. The van der Waals surface area contributed by atoms with Gasteiger partial charge in [0.25, 0.3) is 5.56 Å². The Balaban J connectivity index is 2.40. The van der Waals surface area contributed by atoms with Crippen LogP contribution in [0.2, 0.25) is 0 Å². The van der Waals surface area contributed by atoms with E-state index in [1.165, 1.54) is 12.8 Å². The average Bonchev–Trinajstić information content (AvgIpc) is 2.75. The second-order valence-electron chi connectivity index (χ2n) is 4.01. The molecule has 1 aromatic rings. The Labute approximate surface area is 89.3 Å². The maximum Gasteiger partial charge on any atom is 0.255 e. The van der Waals surface area contributed by atoms with Crippen molar-refractivity contribution in [1.29, 1.82) is 0 Å². The summed E-state index contributed by atoms with van der Waals surface area (Å²) in [5.74, 6) is 0.750. The normalized spacial score (nSPS) is 16.0. The Morgan fingerprint density at radius 3 is 2.67 bits per heavy atom. The summed E-state index contributed by atoms with van der Waals surface area (Å²) in [7, 11) is 0. The van der Waals surface area contributed by atoms with Gasteiger partial charge in [-0.15, -0.1) is 0 Å². The van der Waals surface area contributed by atoms with E-state index in [1.54, 1.807) is 0 Å². The topological polar surface area (TPSA) is 49.0 Å². The summed E-state index contributed by atoms with van der Waals surface area (Å²) < 4.78 is 0. The van der Waals surface area contributed by atoms with Crippen LogP contribution < -0.4 is 10.5 Å². The van der Waals surface area contributed by atoms with E-state index >= 15 is 0 Å². The molecule has 1 aromatic heterocycles. The Kier molecular flexibility index (Phi) is 2.75. The minimum absolute atomic E-state index is 0.00347. The zero-order chi connectivity index (χ0) is 10.8. The SMILES string of the molecule is CCc1nc(N2CCCC2)[nH]c(=O)c1C. The highest BCUT2D eigenvalue weighted by Gasteiger charge is 2.16. The van der Waals surface area contributed by atoms with Crippen LogP contribution in [0, 0.1) is 6.92 Å². The number of hydrogen-bond acceptors (Lipinski definition) is 3. The Morgan fingerprint density at radius 2 is 2.07 bits per heavy atom. The molecule has 0 radical (unpaired) electrons. The fourth-order valence-corrected chi connectivity index (χ4v) is 1.99. The van der Waals surface area contributed by atoms with E-state index < -0.39 is 0 Å². The standard InChI is InChI=1S/C11H17N3O/c1-3-9-8(2)10(15)13-11(12-9)14-6-4-5-7-14/h3-7H2,1-2H3,(H,12,13,15). The summed E-state index contributed by atoms with van der Waals surface area (Å²) in [5, 5.41) is 0. The minimum atomic E-state index is 0.00347. The number of H-pyrrole nitrogens is 1. The lowest BCUT2D eigenvalue weighted by Crippen LogP contribution is -2.26. The predicted molar refractivity (Wildman–Crippen MR) is 60.4 cm³/mol. The van der Waals surface area contributed by atoms with Crippen LogP contribution in [-0.2, 0) is 6.42 Å². The van der Waals surface area contributed by atoms with Gasteiger partial charge < -0.3 is 4.90 Å². The van der Waals surface area contributed by atoms with Gasteiger partial charge in [-0.3, -0.25) is 9.78 Å². The maximum atomic E-state index is 11.7. The number of nitrogens with zero attached hydrogens (tertiary/aromatic N) is 2. The molecule has 0 unspecified atom stereocenters. The first-order valence-corrected chi connectivity index (χ1v) is 5.57. The van der Waals surface area contributed by atoms with E-state index in [1.807, 2.05) is 13.8 Å². The average molecular weight is 207 g/mol. The Morgan fingerprint density at radius 1 is 1.40 bits per heavy atom. The summed E-state index contributed by atoms with van der Waals surface area (Å²) >= 11 is 0. The molecule has 1 N–H and O–H groups in total. The van der Waals surface area contributed by atoms with Crippen molar-refractivity contribution in [3.05, 3.63) is 21.6 Å². The van der Waals surface area contributed by atoms with Crippen molar-refractivity contribution in [1.82, 2.24) is 9.97 Å². The first-order valence-electron chi connectivity index (χ1n) is 5.57. The van der Waals surface area contributed by atoms with Gasteiger partial charge in [-0.1, -0.05) is 6.92 Å². The van der Waals surface area contributed by atoms with Crippen molar-refractivity contribution < 1.29 is 0 Å². The molecule has 4 heteroatoms. The van der Waals surface area contributed by atoms with E-state index in [0.29, 0.717) is 0 Å². The molecule has 0 saturated carbocycles. The van der Waals surface area contributed by atoms with Gasteiger partial charge in [0.05, 0.1) is 5.69 Å². The van der Waals surface area contributed by atoms with E-state index in [0.717, 1.165) is 36.7 Å². The zero-order valence-corrected chi connectivity index (χ0v) is 9.34. The molecule has 1 fully saturated rings. The van der Waals surface area contributed by atoms with Crippen molar-refractivity contribution >= 4 is 5.95 Å². The van der Waals surface area contributed by atoms with Crippen LogP contribution in [0.5, 0.6) is 0 Å². The number of rotatable bonds is 2. The van der Waals surface area contributed by atoms with Crippen molar-refractivity contribution in [3.63, 3.8) is 0 Å². The Hall–Kier alpha value is -1.32. The minimum Gasteiger partial charge on any atom is -0.342 e. The molecule has 1 saturated heterocycles. The third kappa shape index (κ3) is 1.89. The molecular weight excluding hydrogens is 190 g/mol. The van der Waals surface area contributed by atoms with E-state index in [-0.39, 0.29) is 5.56 Å². The van der Waals surface area contributed by atoms with E-state index in [4.69, 9.17) is 0 Å².